The molecule has 6 nitrogen and oxygen atoms in total. The number of carbonyl (C=O) groups is 1. The van der Waals surface area contributed by atoms with Gasteiger partial charge in [-0.15, -0.1) is 0 Å². The number of hydrogen-bond donors (Lipinski definition) is 4. The summed E-state index contributed by atoms with van der Waals surface area (Å²) >= 11 is 0. The number of ether oxygens (including phenoxy) is 1. The van der Waals surface area contributed by atoms with Gasteiger partial charge in [0.25, 0.3) is 0 Å². The fourth-order valence-corrected chi connectivity index (χ4v) is 3.92. The van der Waals surface area contributed by atoms with E-state index in [1.54, 1.807) is 19.1 Å². The summed E-state index contributed by atoms with van der Waals surface area (Å²) in [5, 5.41) is 41.0. The standard InChI is InChI=1S/C23H36O6/c1-12-14(11-24)10-17(20(27)18(12)25)29-21(28)13-8-15(22(2,3)4)19(26)16(9-13)23(5,6)7/h8-9,12,14,17-18,20,24-27H,10-11H2,1-7H3/t12-,14-,17?,18+,20+/m1/s1. The van der Waals surface area contributed by atoms with Gasteiger partial charge in [-0.1, -0.05) is 48.5 Å². The lowest BCUT2D eigenvalue weighted by Crippen LogP contribution is -2.51. The van der Waals surface area contributed by atoms with Gasteiger partial charge >= 0.3 is 5.97 Å². The summed E-state index contributed by atoms with van der Waals surface area (Å²) in [4.78, 5) is 13.0. The molecule has 0 aromatic heterocycles. The highest BCUT2D eigenvalue weighted by atomic mass is 16.6. The lowest BCUT2D eigenvalue weighted by atomic mass is 9.75. The Bertz CT molecular complexity index is 706. The van der Waals surface area contributed by atoms with Crippen LogP contribution in [0, 0.1) is 11.8 Å². The Morgan fingerprint density at radius 3 is 1.93 bits per heavy atom. The first-order chi connectivity index (χ1) is 13.2. The lowest BCUT2D eigenvalue weighted by molar-refractivity contribution is -0.135. The van der Waals surface area contributed by atoms with Gasteiger partial charge < -0.3 is 25.2 Å². The number of aliphatic hydroxyl groups is 3. The monoisotopic (exact) mass is 408 g/mol. The zero-order valence-electron chi connectivity index (χ0n) is 18.6. The van der Waals surface area contributed by atoms with Gasteiger partial charge in [-0.05, 0) is 41.2 Å². The van der Waals surface area contributed by atoms with Crippen LogP contribution in [-0.2, 0) is 15.6 Å². The number of benzene rings is 1. The molecule has 1 aromatic rings. The van der Waals surface area contributed by atoms with E-state index >= 15 is 0 Å². The predicted molar refractivity (Wildman–Crippen MR) is 111 cm³/mol. The van der Waals surface area contributed by atoms with E-state index in [2.05, 4.69) is 0 Å². The first kappa shape index (κ1) is 23.6. The Balaban J connectivity index is 2.40. The summed E-state index contributed by atoms with van der Waals surface area (Å²) in [6.45, 7) is 13.3. The molecular formula is C23H36O6. The van der Waals surface area contributed by atoms with Gasteiger partial charge in [0.15, 0.2) is 0 Å². The number of carbonyl (C=O) groups excluding carboxylic acids is 1. The number of phenolic OH excluding ortho intramolecular Hbond substituents is 1. The average Bonchev–Trinajstić information content (AvgIpc) is 2.60. The molecule has 164 valence electrons. The molecule has 1 saturated carbocycles. The van der Waals surface area contributed by atoms with Crippen LogP contribution in [0.25, 0.3) is 0 Å². The van der Waals surface area contributed by atoms with Crippen LogP contribution >= 0.6 is 0 Å². The Kier molecular flexibility index (Phi) is 6.72. The highest BCUT2D eigenvalue weighted by Gasteiger charge is 2.43. The maximum absolute atomic E-state index is 13.0. The summed E-state index contributed by atoms with van der Waals surface area (Å²) in [7, 11) is 0. The van der Waals surface area contributed by atoms with Crippen LogP contribution in [0.5, 0.6) is 5.75 Å². The van der Waals surface area contributed by atoms with Crippen LogP contribution in [0.1, 0.15) is 76.4 Å². The summed E-state index contributed by atoms with van der Waals surface area (Å²) < 4.78 is 5.57. The van der Waals surface area contributed by atoms with Crippen molar-refractivity contribution in [3.63, 3.8) is 0 Å². The van der Waals surface area contributed by atoms with Crippen LogP contribution in [0.2, 0.25) is 0 Å². The summed E-state index contributed by atoms with van der Waals surface area (Å²) in [5.41, 5.74) is 0.792. The smallest absolute Gasteiger partial charge is 0.338 e. The van der Waals surface area contributed by atoms with Gasteiger partial charge in [0, 0.05) is 17.7 Å². The largest absolute Gasteiger partial charge is 0.507 e. The molecule has 29 heavy (non-hydrogen) atoms. The van der Waals surface area contributed by atoms with Crippen LogP contribution in [0.15, 0.2) is 12.1 Å². The highest BCUT2D eigenvalue weighted by Crippen LogP contribution is 2.40. The van der Waals surface area contributed by atoms with E-state index in [1.807, 2.05) is 41.5 Å². The quantitative estimate of drug-likeness (QED) is 0.573. The first-order valence-electron chi connectivity index (χ1n) is 10.2. The molecule has 0 aliphatic heterocycles. The minimum atomic E-state index is -1.21. The van der Waals surface area contributed by atoms with E-state index < -0.39 is 35.1 Å². The van der Waals surface area contributed by atoms with Crippen molar-refractivity contribution in [1.29, 1.82) is 0 Å². The third-order valence-electron chi connectivity index (χ3n) is 6.00. The number of rotatable bonds is 3. The fraction of sp³-hybridized carbons (Fsp3) is 0.696. The predicted octanol–water partition coefficient (Wildman–Crippen LogP) is 2.88. The molecular weight excluding hydrogens is 372 g/mol. The summed E-state index contributed by atoms with van der Waals surface area (Å²) in [5.74, 6) is -1.01. The molecule has 0 radical (unpaired) electrons. The Morgan fingerprint density at radius 2 is 1.52 bits per heavy atom. The zero-order chi connectivity index (χ0) is 22.3. The molecule has 2 rings (SSSR count). The van der Waals surface area contributed by atoms with Crippen LogP contribution in [0.3, 0.4) is 0 Å². The lowest BCUT2D eigenvalue weighted by Gasteiger charge is -2.40. The number of aliphatic hydroxyl groups excluding tert-OH is 3. The molecule has 6 heteroatoms. The molecule has 1 aromatic carbocycles. The molecule has 0 spiro atoms. The average molecular weight is 409 g/mol. The van der Waals surface area contributed by atoms with E-state index in [-0.39, 0.29) is 30.6 Å². The van der Waals surface area contributed by atoms with Crippen LogP contribution < -0.4 is 0 Å². The van der Waals surface area contributed by atoms with Crippen molar-refractivity contribution in [3.8, 4) is 5.75 Å². The topological polar surface area (TPSA) is 107 Å². The van der Waals surface area contributed by atoms with E-state index in [4.69, 9.17) is 4.74 Å². The van der Waals surface area contributed by atoms with Gasteiger partial charge in [-0.3, -0.25) is 0 Å². The Morgan fingerprint density at radius 1 is 1.03 bits per heavy atom. The van der Waals surface area contributed by atoms with E-state index in [1.165, 1.54) is 0 Å². The van der Waals surface area contributed by atoms with Crippen molar-refractivity contribution >= 4 is 5.97 Å². The molecule has 0 heterocycles. The van der Waals surface area contributed by atoms with Gasteiger partial charge in [0.2, 0.25) is 0 Å². The number of aromatic hydroxyl groups is 1. The van der Waals surface area contributed by atoms with Crippen LogP contribution in [0.4, 0.5) is 0 Å². The molecule has 1 unspecified atom stereocenters. The van der Waals surface area contributed by atoms with Gasteiger partial charge in [-0.25, -0.2) is 4.79 Å². The normalized spacial score (nSPS) is 28.3. The molecule has 1 aliphatic rings. The maximum Gasteiger partial charge on any atom is 0.338 e. The van der Waals surface area contributed by atoms with Crippen molar-refractivity contribution in [2.45, 2.75) is 84.0 Å². The third kappa shape index (κ3) is 4.93. The fourth-order valence-electron chi connectivity index (χ4n) is 3.92. The van der Waals surface area contributed by atoms with Gasteiger partial charge in [0.1, 0.15) is 18.0 Å². The number of hydrogen-bond acceptors (Lipinski definition) is 6. The maximum atomic E-state index is 13.0. The van der Waals surface area contributed by atoms with Crippen LogP contribution in [-0.4, -0.2) is 51.3 Å². The zero-order valence-corrected chi connectivity index (χ0v) is 18.6. The second-order valence-electron chi connectivity index (χ2n) is 10.4. The molecule has 1 aliphatic carbocycles. The van der Waals surface area contributed by atoms with Crippen molar-refractivity contribution in [2.24, 2.45) is 11.8 Å². The second kappa shape index (κ2) is 8.25. The number of phenols is 1. The van der Waals surface area contributed by atoms with Gasteiger partial charge in [-0.2, -0.15) is 0 Å². The molecule has 1 fully saturated rings. The first-order valence-corrected chi connectivity index (χ1v) is 10.2. The second-order valence-corrected chi connectivity index (χ2v) is 10.4. The van der Waals surface area contributed by atoms with E-state index in [9.17, 15) is 25.2 Å². The minimum Gasteiger partial charge on any atom is -0.507 e. The van der Waals surface area contributed by atoms with Crippen molar-refractivity contribution < 1.29 is 30.0 Å². The third-order valence-corrected chi connectivity index (χ3v) is 6.00. The Labute approximate surface area is 173 Å². The highest BCUT2D eigenvalue weighted by molar-refractivity contribution is 5.90. The molecule has 0 bridgehead atoms. The van der Waals surface area contributed by atoms with Crippen molar-refractivity contribution in [3.05, 3.63) is 28.8 Å². The van der Waals surface area contributed by atoms with E-state index in [0.29, 0.717) is 16.7 Å². The Hall–Kier alpha value is -1.63. The molecule has 5 atom stereocenters. The van der Waals surface area contributed by atoms with Crippen molar-refractivity contribution in [1.82, 2.24) is 0 Å². The van der Waals surface area contributed by atoms with Gasteiger partial charge in [0.05, 0.1) is 11.7 Å². The molecule has 4 N–H and O–H groups in total. The molecule has 0 amide bonds. The number of esters is 1. The summed E-state index contributed by atoms with van der Waals surface area (Å²) in [6, 6.07) is 3.26. The van der Waals surface area contributed by atoms with E-state index in [0.717, 1.165) is 0 Å². The minimum absolute atomic E-state index is 0.152. The summed E-state index contributed by atoms with van der Waals surface area (Å²) in [6.07, 6.45) is -2.92. The molecule has 0 saturated heterocycles. The SMILES string of the molecule is C[C@@H]1[C@@H](CO)CC(OC(=O)c2cc(C(C)(C)C)c(O)c(C(C)(C)C)c2)[C@H](O)[C@H]1O. The van der Waals surface area contributed by atoms with Crippen molar-refractivity contribution in [2.75, 3.05) is 6.61 Å².